The Bertz CT molecular complexity index is 122. The van der Waals surface area contributed by atoms with Gasteiger partial charge in [0.15, 0.2) is 0 Å². The molecule has 1 N–H and O–H groups in total. The molecule has 1 rings (SSSR count). The summed E-state index contributed by atoms with van der Waals surface area (Å²) in [6.45, 7) is 0. The van der Waals surface area contributed by atoms with Gasteiger partial charge in [0.25, 0.3) is 0 Å². The molecule has 1 nitrogen and oxygen atoms in total. The van der Waals surface area contributed by atoms with E-state index in [0.29, 0.717) is 0 Å². The topological polar surface area (TPSA) is 15.8 Å². The van der Waals surface area contributed by atoms with Crippen LogP contribution in [0.2, 0.25) is 0 Å². The quantitative estimate of drug-likeness (QED) is 0.572. The average molecular weight is 172 g/mol. The third-order valence-electron chi connectivity index (χ3n) is 0.560. The number of H-pyrrole nitrogens is 1. The number of hydrogen-bond acceptors (Lipinski definition) is 0. The molecule has 0 aliphatic heterocycles. The van der Waals surface area contributed by atoms with E-state index in [1.165, 1.54) is 0 Å². The van der Waals surface area contributed by atoms with Gasteiger partial charge in [-0.05, 0) is 28.1 Å². The van der Waals surface area contributed by atoms with Crippen LogP contribution < -0.4 is 0 Å². The zero-order chi connectivity index (χ0) is 4.41. The van der Waals surface area contributed by atoms with Gasteiger partial charge in [-0.2, -0.15) is 0 Å². The Kier molecular flexibility index (Phi) is 3.78. The van der Waals surface area contributed by atoms with Crippen LogP contribution >= 0.6 is 15.9 Å². The van der Waals surface area contributed by atoms with Crippen LogP contribution in [-0.2, 0) is 0 Å². The molecule has 0 aromatic carbocycles. The molecule has 0 spiro atoms. The monoisotopic (exact) mass is 171 g/mol. The van der Waals surface area contributed by atoms with E-state index in [1.807, 2.05) is 18.3 Å². The van der Waals surface area contributed by atoms with Crippen LogP contribution in [0.3, 0.4) is 0 Å². The molecule has 0 fully saturated rings. The summed E-state index contributed by atoms with van der Waals surface area (Å²) in [6.07, 6.45) is 1.87. The molecule has 0 aliphatic rings. The standard InChI is InChI=1S/C4H4BrN.Mg.2H/c5-4-2-1-3-6-4;;;/h1-3,6H;;;/q;+2;2*-1. The number of nitrogens with one attached hydrogen (secondary N) is 1. The molecule has 0 aliphatic carbocycles. The summed E-state index contributed by atoms with van der Waals surface area (Å²) in [6, 6.07) is 3.88. The molecule has 36 valence electrons. The van der Waals surface area contributed by atoms with Gasteiger partial charge in [0.1, 0.15) is 0 Å². The molecule has 0 atom stereocenters. The Morgan fingerprint density at radius 2 is 2.43 bits per heavy atom. The third-order valence-corrected chi connectivity index (χ3v) is 1.05. The van der Waals surface area contributed by atoms with Crippen molar-refractivity contribution in [1.29, 1.82) is 0 Å². The maximum absolute atomic E-state index is 3.23. The van der Waals surface area contributed by atoms with Crippen molar-refractivity contribution in [2.24, 2.45) is 0 Å². The predicted molar refractivity (Wildman–Crippen MR) is 36.5 cm³/mol. The van der Waals surface area contributed by atoms with E-state index in [2.05, 4.69) is 20.9 Å². The summed E-state index contributed by atoms with van der Waals surface area (Å²) in [5.74, 6) is 0. The fourth-order valence-electron chi connectivity index (χ4n) is 0.308. The molecular weight excluding hydrogens is 166 g/mol. The molecule has 0 radical (unpaired) electrons. The number of rotatable bonds is 0. The second-order valence-electron chi connectivity index (χ2n) is 1.02. The molecule has 0 bridgehead atoms. The summed E-state index contributed by atoms with van der Waals surface area (Å²) in [4.78, 5) is 2.92. The summed E-state index contributed by atoms with van der Waals surface area (Å²) in [5, 5.41) is 0. The van der Waals surface area contributed by atoms with Crippen LogP contribution in [0, 0.1) is 0 Å². The minimum Gasteiger partial charge on any atom is -1.00 e. The third kappa shape index (κ3) is 2.36. The van der Waals surface area contributed by atoms with E-state index in [0.717, 1.165) is 4.60 Å². The second-order valence-corrected chi connectivity index (χ2v) is 1.87. The first-order valence-electron chi connectivity index (χ1n) is 1.68. The van der Waals surface area contributed by atoms with Gasteiger partial charge in [-0.25, -0.2) is 0 Å². The molecule has 3 heteroatoms. The van der Waals surface area contributed by atoms with E-state index >= 15 is 0 Å². The Morgan fingerprint density at radius 3 is 2.57 bits per heavy atom. The maximum atomic E-state index is 3.23. The van der Waals surface area contributed by atoms with Crippen LogP contribution in [0.5, 0.6) is 0 Å². The van der Waals surface area contributed by atoms with E-state index in [4.69, 9.17) is 0 Å². The SMILES string of the molecule is Brc1ccc[nH]1.[H-].[H-].[Mg+2]. The molecule has 0 unspecified atom stereocenters. The van der Waals surface area contributed by atoms with Crippen LogP contribution in [0.1, 0.15) is 2.85 Å². The van der Waals surface area contributed by atoms with Crippen molar-refractivity contribution in [1.82, 2.24) is 4.98 Å². The predicted octanol–water partition coefficient (Wildman–Crippen LogP) is 1.62. The number of aromatic nitrogens is 1. The average Bonchev–Trinajstić information content (AvgIpc) is 1.86. The van der Waals surface area contributed by atoms with Gasteiger partial charge in [-0.1, -0.05) is 0 Å². The fraction of sp³-hybridized carbons (Fsp3) is 0. The zero-order valence-corrected chi connectivity index (χ0v) is 6.82. The number of aromatic amines is 1. The Morgan fingerprint density at radius 1 is 1.71 bits per heavy atom. The van der Waals surface area contributed by atoms with Crippen molar-refractivity contribution < 1.29 is 2.85 Å². The van der Waals surface area contributed by atoms with E-state index in [-0.39, 0.29) is 25.9 Å². The number of halogens is 1. The fourth-order valence-corrected chi connectivity index (χ4v) is 0.593. The summed E-state index contributed by atoms with van der Waals surface area (Å²) in [5.41, 5.74) is 0. The van der Waals surface area contributed by atoms with Gasteiger partial charge in [0.05, 0.1) is 4.60 Å². The van der Waals surface area contributed by atoms with Crippen molar-refractivity contribution in [3.63, 3.8) is 0 Å². The molecule has 0 amide bonds. The van der Waals surface area contributed by atoms with Crippen molar-refractivity contribution >= 4 is 39.0 Å². The molecule has 1 aromatic rings. The summed E-state index contributed by atoms with van der Waals surface area (Å²) in [7, 11) is 0. The molecular formula is C4H6BrMgN. The normalized spacial score (nSPS) is 7.57. The van der Waals surface area contributed by atoms with E-state index in [9.17, 15) is 0 Å². The molecule has 0 saturated heterocycles. The van der Waals surface area contributed by atoms with Gasteiger partial charge < -0.3 is 7.84 Å². The largest absolute Gasteiger partial charge is 2.00 e. The Labute approximate surface area is 69.7 Å². The second kappa shape index (κ2) is 3.52. The first-order chi connectivity index (χ1) is 2.89. The molecule has 0 saturated carbocycles. The number of hydrogen-bond donors (Lipinski definition) is 1. The van der Waals surface area contributed by atoms with Gasteiger partial charge in [-0.3, -0.25) is 0 Å². The zero-order valence-electron chi connectivity index (χ0n) is 5.82. The van der Waals surface area contributed by atoms with Crippen LogP contribution in [0.4, 0.5) is 0 Å². The van der Waals surface area contributed by atoms with Gasteiger partial charge >= 0.3 is 23.1 Å². The van der Waals surface area contributed by atoms with E-state index < -0.39 is 0 Å². The molecule has 1 aromatic heterocycles. The van der Waals surface area contributed by atoms with Crippen molar-refractivity contribution in [2.75, 3.05) is 0 Å². The van der Waals surface area contributed by atoms with Gasteiger partial charge in [0.2, 0.25) is 0 Å². The minimum absolute atomic E-state index is 0. The van der Waals surface area contributed by atoms with Gasteiger partial charge in [0, 0.05) is 6.20 Å². The van der Waals surface area contributed by atoms with Crippen molar-refractivity contribution in [2.45, 2.75) is 0 Å². The van der Waals surface area contributed by atoms with Crippen LogP contribution in [-0.4, -0.2) is 28.0 Å². The first kappa shape index (κ1) is 7.53. The summed E-state index contributed by atoms with van der Waals surface area (Å²) >= 11 is 3.23. The van der Waals surface area contributed by atoms with Gasteiger partial charge in [-0.15, -0.1) is 0 Å². The van der Waals surface area contributed by atoms with Crippen LogP contribution in [0.25, 0.3) is 0 Å². The smallest absolute Gasteiger partial charge is 1.00 e. The molecule has 1 heterocycles. The first-order valence-corrected chi connectivity index (χ1v) is 2.48. The Hall–Kier alpha value is 0.526. The van der Waals surface area contributed by atoms with Crippen molar-refractivity contribution in [3.05, 3.63) is 22.9 Å². The Balaban J connectivity index is -0.000000120. The molecule has 7 heavy (non-hydrogen) atoms. The maximum Gasteiger partial charge on any atom is 2.00 e. The van der Waals surface area contributed by atoms with Crippen LogP contribution in [0.15, 0.2) is 22.9 Å². The van der Waals surface area contributed by atoms with Crippen molar-refractivity contribution in [3.8, 4) is 0 Å². The minimum atomic E-state index is 0. The summed E-state index contributed by atoms with van der Waals surface area (Å²) < 4.78 is 1.03. The van der Waals surface area contributed by atoms with E-state index in [1.54, 1.807) is 0 Å².